The molecule has 4 rings (SSSR count). The van der Waals surface area contributed by atoms with E-state index in [2.05, 4.69) is 34.5 Å². The molecule has 0 spiro atoms. The average Bonchev–Trinajstić information content (AvgIpc) is 3.32. The van der Waals surface area contributed by atoms with Crippen LogP contribution in [0.4, 0.5) is 11.5 Å². The fourth-order valence-corrected chi connectivity index (χ4v) is 4.30. The van der Waals surface area contributed by atoms with Crippen LogP contribution in [0.15, 0.2) is 48.5 Å². The van der Waals surface area contributed by atoms with E-state index >= 15 is 0 Å². The first-order valence-corrected chi connectivity index (χ1v) is 10.6. The van der Waals surface area contributed by atoms with Gasteiger partial charge in [-0.1, -0.05) is 13.0 Å². The van der Waals surface area contributed by atoms with Crippen molar-refractivity contribution in [1.82, 2.24) is 14.8 Å². The minimum Gasteiger partial charge on any atom is -0.358 e. The van der Waals surface area contributed by atoms with Crippen LogP contribution in [0.1, 0.15) is 18.2 Å². The van der Waals surface area contributed by atoms with Gasteiger partial charge in [0, 0.05) is 11.3 Å². The maximum atomic E-state index is 12.6. The van der Waals surface area contributed by atoms with Gasteiger partial charge < -0.3 is 15.4 Å². The summed E-state index contributed by atoms with van der Waals surface area (Å²) in [6, 6.07) is 15.2. The third kappa shape index (κ3) is 4.46. The minimum absolute atomic E-state index is 0.180. The molecule has 0 saturated heterocycles. The number of rotatable bonds is 6. The Balaban J connectivity index is 1.43. The molecule has 2 heterocycles. The molecule has 9 heteroatoms. The molecule has 0 bridgehead atoms. The largest absolute Gasteiger partial charge is 0.390 e. The predicted molar refractivity (Wildman–Crippen MR) is 121 cm³/mol. The zero-order valence-corrected chi connectivity index (χ0v) is 18.1. The summed E-state index contributed by atoms with van der Waals surface area (Å²) < 4.78 is 2.63. The van der Waals surface area contributed by atoms with Crippen LogP contribution in [0.3, 0.4) is 0 Å². The molecule has 0 aliphatic rings. The smallest absolute Gasteiger partial charge is 0.358 e. The van der Waals surface area contributed by atoms with Crippen LogP contribution in [0, 0.1) is 29.9 Å². The highest BCUT2D eigenvalue weighted by Crippen LogP contribution is 2.31. The zero-order chi connectivity index (χ0) is 22.1. The second-order valence-corrected chi connectivity index (χ2v) is 8.57. The molecule has 0 fully saturated rings. The molecule has 1 unspecified atom stereocenters. The first-order valence-electron chi connectivity index (χ1n) is 9.77. The van der Waals surface area contributed by atoms with Gasteiger partial charge in [0.2, 0.25) is 5.91 Å². The summed E-state index contributed by atoms with van der Waals surface area (Å²) in [4.78, 5) is 27.6. The second-order valence-electron chi connectivity index (χ2n) is 7.54. The Morgan fingerprint density at radius 1 is 1.19 bits per heavy atom. The van der Waals surface area contributed by atoms with Crippen LogP contribution in [-0.4, -0.2) is 25.6 Å². The summed E-state index contributed by atoms with van der Waals surface area (Å²) >= 11 is 1.64. The molecule has 2 aromatic heterocycles. The molecule has 0 radical (unpaired) electrons. The number of amides is 1. The molecule has 0 aliphatic carbocycles. The Morgan fingerprint density at radius 2 is 1.94 bits per heavy atom. The van der Waals surface area contributed by atoms with Crippen LogP contribution < -0.4 is 5.32 Å². The molecule has 0 aliphatic heterocycles. The van der Waals surface area contributed by atoms with Gasteiger partial charge in [-0.25, -0.2) is 4.98 Å². The molecule has 4 aromatic rings. The number of benzene rings is 2. The summed E-state index contributed by atoms with van der Waals surface area (Å²) in [5.74, 6) is -0.808. The third-order valence-electron chi connectivity index (χ3n) is 4.99. The number of fused-ring (bicyclic) bond motifs is 1. The van der Waals surface area contributed by atoms with Gasteiger partial charge in [0.05, 0.1) is 39.5 Å². The van der Waals surface area contributed by atoms with Crippen molar-refractivity contribution in [3.05, 3.63) is 69.9 Å². The number of nitrogens with one attached hydrogen (secondary N) is 1. The van der Waals surface area contributed by atoms with Crippen molar-refractivity contribution < 1.29 is 9.72 Å². The highest BCUT2D eigenvalue weighted by Gasteiger charge is 2.21. The van der Waals surface area contributed by atoms with Crippen LogP contribution in [0.5, 0.6) is 0 Å². The van der Waals surface area contributed by atoms with E-state index in [1.165, 1.54) is 16.3 Å². The van der Waals surface area contributed by atoms with E-state index in [0.717, 1.165) is 20.8 Å². The third-order valence-corrected chi connectivity index (χ3v) is 6.06. The van der Waals surface area contributed by atoms with Gasteiger partial charge in [0.1, 0.15) is 5.01 Å². The van der Waals surface area contributed by atoms with Crippen LogP contribution in [-0.2, 0) is 11.3 Å². The van der Waals surface area contributed by atoms with E-state index in [1.807, 2.05) is 30.3 Å². The van der Waals surface area contributed by atoms with Gasteiger partial charge in [-0.15, -0.1) is 11.3 Å². The monoisotopic (exact) mass is 435 g/mol. The molecule has 1 N–H and O–H groups in total. The normalized spacial score (nSPS) is 12.1. The van der Waals surface area contributed by atoms with Crippen molar-refractivity contribution in [2.75, 3.05) is 5.32 Å². The maximum Gasteiger partial charge on any atom is 0.390 e. The number of hydrogen-bond acceptors (Lipinski definition) is 6. The van der Waals surface area contributed by atoms with E-state index in [4.69, 9.17) is 0 Å². The van der Waals surface area contributed by atoms with E-state index in [9.17, 15) is 14.9 Å². The fraction of sp³-hybridized carbons (Fsp3) is 0.227. The van der Waals surface area contributed by atoms with Crippen molar-refractivity contribution in [3.8, 4) is 10.6 Å². The number of nitrogens with zero attached hydrogens (tertiary/aromatic N) is 4. The Labute approximate surface area is 182 Å². The Hall–Kier alpha value is -3.59. The summed E-state index contributed by atoms with van der Waals surface area (Å²) in [5, 5.41) is 18.6. The number of carbonyl (C=O) groups is 1. The summed E-state index contributed by atoms with van der Waals surface area (Å²) in [6.07, 6.45) is 0. The number of nitro groups is 1. The van der Waals surface area contributed by atoms with Crippen LogP contribution in [0.25, 0.3) is 20.8 Å². The number of aryl methyl sites for hydroxylation is 2. The number of aromatic nitrogens is 3. The van der Waals surface area contributed by atoms with Crippen molar-refractivity contribution in [1.29, 1.82) is 0 Å². The molecular weight excluding hydrogens is 414 g/mol. The number of carbonyl (C=O) groups excluding carboxylic acids is 1. The number of anilines is 1. The first-order chi connectivity index (χ1) is 14.8. The topological polar surface area (TPSA) is 103 Å². The highest BCUT2D eigenvalue weighted by atomic mass is 32.1. The summed E-state index contributed by atoms with van der Waals surface area (Å²) in [7, 11) is 0. The van der Waals surface area contributed by atoms with Crippen LogP contribution >= 0.6 is 11.3 Å². The fourth-order valence-electron chi connectivity index (χ4n) is 3.23. The molecule has 31 heavy (non-hydrogen) atoms. The molecule has 0 saturated carbocycles. The predicted octanol–water partition coefficient (Wildman–Crippen LogP) is 4.96. The summed E-state index contributed by atoms with van der Waals surface area (Å²) in [6.45, 7) is 5.81. The Kier molecular flexibility index (Phi) is 5.51. The maximum absolute atomic E-state index is 12.6. The average molecular weight is 436 g/mol. The van der Waals surface area contributed by atoms with Crippen molar-refractivity contribution >= 4 is 39.0 Å². The number of hydrogen-bond donors (Lipinski definition) is 1. The number of thiazole rings is 1. The molecule has 1 atom stereocenters. The molecule has 158 valence electrons. The van der Waals surface area contributed by atoms with E-state index in [-0.39, 0.29) is 18.3 Å². The minimum atomic E-state index is -0.539. The standard InChI is InChI=1S/C22H21N5O3S/c1-13-4-9-18-19(10-13)31-22(24-18)16-5-7-17(8-6-16)23-21(28)14(2)12-26-15(3)11-20(25-26)27(29)30/h4-11,14H,12H2,1-3H3,(H,23,28). The molecule has 2 aromatic carbocycles. The zero-order valence-electron chi connectivity index (χ0n) is 17.3. The van der Waals surface area contributed by atoms with Crippen molar-refractivity contribution in [3.63, 3.8) is 0 Å². The quantitative estimate of drug-likeness (QED) is 0.341. The van der Waals surface area contributed by atoms with Gasteiger partial charge in [0.15, 0.2) is 0 Å². The van der Waals surface area contributed by atoms with Gasteiger partial charge in [0.25, 0.3) is 0 Å². The molecule has 1 amide bonds. The van der Waals surface area contributed by atoms with Gasteiger partial charge in [-0.3, -0.25) is 4.79 Å². The van der Waals surface area contributed by atoms with Crippen molar-refractivity contribution in [2.45, 2.75) is 27.3 Å². The second kappa shape index (κ2) is 8.27. The lowest BCUT2D eigenvalue weighted by Gasteiger charge is -2.12. The van der Waals surface area contributed by atoms with Gasteiger partial charge in [-0.05, 0) is 60.7 Å². The molecule has 8 nitrogen and oxygen atoms in total. The Morgan fingerprint density at radius 3 is 2.61 bits per heavy atom. The lowest BCUT2D eigenvalue weighted by molar-refractivity contribution is -0.389. The Bertz CT molecular complexity index is 1280. The van der Waals surface area contributed by atoms with E-state index < -0.39 is 10.8 Å². The van der Waals surface area contributed by atoms with Crippen LogP contribution in [0.2, 0.25) is 0 Å². The summed E-state index contributed by atoms with van der Waals surface area (Å²) in [5.41, 5.74) is 4.49. The van der Waals surface area contributed by atoms with Crippen molar-refractivity contribution in [2.24, 2.45) is 5.92 Å². The highest BCUT2D eigenvalue weighted by molar-refractivity contribution is 7.21. The molecular formula is C22H21N5O3S. The lowest BCUT2D eigenvalue weighted by Crippen LogP contribution is -2.25. The van der Waals surface area contributed by atoms with Gasteiger partial charge in [-0.2, -0.15) is 4.68 Å². The van der Waals surface area contributed by atoms with E-state index in [1.54, 1.807) is 25.2 Å². The first kappa shape index (κ1) is 20.7. The van der Waals surface area contributed by atoms with Gasteiger partial charge >= 0.3 is 5.82 Å². The lowest BCUT2D eigenvalue weighted by atomic mass is 10.1. The SMILES string of the molecule is Cc1ccc2nc(-c3ccc(NC(=O)C(C)Cn4nc([N+](=O)[O-])cc4C)cc3)sc2c1. The van der Waals surface area contributed by atoms with E-state index in [0.29, 0.717) is 11.4 Å².